The molecule has 4 nitrogen and oxygen atoms in total. The molecule has 1 aliphatic rings. The van der Waals surface area contributed by atoms with Gasteiger partial charge >= 0.3 is 0 Å². The minimum absolute atomic E-state index is 0.0148. The van der Waals surface area contributed by atoms with E-state index in [1.165, 1.54) is 6.07 Å². The highest BCUT2D eigenvalue weighted by Gasteiger charge is 2.20. The van der Waals surface area contributed by atoms with Gasteiger partial charge in [-0.05, 0) is 6.07 Å². The molecule has 0 bridgehead atoms. The number of benzene rings is 1. The van der Waals surface area contributed by atoms with Crippen LogP contribution in [0.4, 0.5) is 4.39 Å². The third kappa shape index (κ3) is 2.85. The number of nitrogens with zero attached hydrogens (tertiary/aromatic N) is 2. The van der Waals surface area contributed by atoms with E-state index in [2.05, 4.69) is 4.90 Å². The van der Waals surface area contributed by atoms with Gasteiger partial charge in [-0.15, -0.1) is 0 Å². The largest absolute Gasteiger partial charge is 0.374 e. The van der Waals surface area contributed by atoms with Crippen molar-refractivity contribution in [3.05, 3.63) is 35.1 Å². The molecule has 0 aliphatic carbocycles. The highest BCUT2D eigenvalue weighted by molar-refractivity contribution is 5.34. The molecule has 0 spiro atoms. The maximum absolute atomic E-state index is 13.9. The molecule has 1 saturated heterocycles. The number of nitriles is 1. The van der Waals surface area contributed by atoms with Gasteiger partial charge in [0.15, 0.2) is 0 Å². The van der Waals surface area contributed by atoms with Crippen molar-refractivity contribution in [3.8, 4) is 6.07 Å². The Labute approximate surface area is 106 Å². The first kappa shape index (κ1) is 13.0. The Kier molecular flexibility index (Phi) is 4.26. The molecule has 1 heterocycles. The third-order valence-corrected chi connectivity index (χ3v) is 3.08. The highest BCUT2D eigenvalue weighted by atomic mass is 19.1. The van der Waals surface area contributed by atoms with Crippen LogP contribution in [-0.4, -0.2) is 37.2 Å². The summed E-state index contributed by atoms with van der Waals surface area (Å²) in [7, 11) is 0. The molecule has 1 atom stereocenters. The predicted molar refractivity (Wildman–Crippen MR) is 65.2 cm³/mol. The zero-order valence-corrected chi connectivity index (χ0v) is 10.1. The molecule has 18 heavy (non-hydrogen) atoms. The summed E-state index contributed by atoms with van der Waals surface area (Å²) in [6.07, 6.45) is 0.0148. The van der Waals surface area contributed by atoms with Crippen LogP contribution in [0.5, 0.6) is 0 Å². The number of rotatable bonds is 3. The lowest BCUT2D eigenvalue weighted by Gasteiger charge is -2.32. The van der Waals surface area contributed by atoms with Gasteiger partial charge in [-0.25, -0.2) is 4.39 Å². The Morgan fingerprint density at radius 3 is 3.11 bits per heavy atom. The molecule has 1 aromatic carbocycles. The molecule has 0 aromatic heterocycles. The summed E-state index contributed by atoms with van der Waals surface area (Å²) in [5, 5.41) is 8.79. The van der Waals surface area contributed by atoms with Gasteiger partial charge in [0.05, 0.1) is 18.3 Å². The SMILES string of the molecule is N#Cc1cccc(CN2CCOC(CN)C2)c1F. The first-order valence-electron chi connectivity index (χ1n) is 5.96. The quantitative estimate of drug-likeness (QED) is 0.863. The Morgan fingerprint density at radius 1 is 1.56 bits per heavy atom. The topological polar surface area (TPSA) is 62.3 Å². The van der Waals surface area contributed by atoms with E-state index in [1.54, 1.807) is 12.1 Å². The van der Waals surface area contributed by atoms with E-state index >= 15 is 0 Å². The second-order valence-corrected chi connectivity index (χ2v) is 4.35. The lowest BCUT2D eigenvalue weighted by atomic mass is 10.1. The number of morpholine rings is 1. The Morgan fingerprint density at radius 2 is 2.39 bits per heavy atom. The summed E-state index contributed by atoms with van der Waals surface area (Å²) in [5.41, 5.74) is 6.21. The van der Waals surface area contributed by atoms with Gasteiger partial charge < -0.3 is 10.5 Å². The van der Waals surface area contributed by atoms with Gasteiger partial charge in [-0.2, -0.15) is 5.26 Å². The normalized spacial score (nSPS) is 20.6. The van der Waals surface area contributed by atoms with Gasteiger partial charge in [0.25, 0.3) is 0 Å². The molecule has 0 radical (unpaired) electrons. The van der Waals surface area contributed by atoms with Crippen LogP contribution in [-0.2, 0) is 11.3 Å². The van der Waals surface area contributed by atoms with Gasteiger partial charge in [0, 0.05) is 31.7 Å². The van der Waals surface area contributed by atoms with Crippen LogP contribution in [0.3, 0.4) is 0 Å². The van der Waals surface area contributed by atoms with Crippen LogP contribution in [0, 0.1) is 17.1 Å². The van der Waals surface area contributed by atoms with Crippen molar-refractivity contribution in [3.63, 3.8) is 0 Å². The Hall–Kier alpha value is -1.48. The van der Waals surface area contributed by atoms with Gasteiger partial charge in [0.1, 0.15) is 11.9 Å². The second-order valence-electron chi connectivity index (χ2n) is 4.35. The Bertz CT molecular complexity index is 458. The van der Waals surface area contributed by atoms with Crippen molar-refractivity contribution in [2.75, 3.05) is 26.2 Å². The van der Waals surface area contributed by atoms with Crippen LogP contribution in [0.2, 0.25) is 0 Å². The molecule has 1 unspecified atom stereocenters. The molecule has 5 heteroatoms. The van der Waals surface area contributed by atoms with E-state index in [4.69, 9.17) is 15.7 Å². The van der Waals surface area contributed by atoms with E-state index < -0.39 is 5.82 Å². The zero-order valence-electron chi connectivity index (χ0n) is 10.1. The maximum Gasteiger partial charge on any atom is 0.145 e. The summed E-state index contributed by atoms with van der Waals surface area (Å²) >= 11 is 0. The summed E-state index contributed by atoms with van der Waals surface area (Å²) in [6.45, 7) is 3.03. The number of halogens is 1. The molecular weight excluding hydrogens is 233 g/mol. The van der Waals surface area contributed by atoms with E-state index in [9.17, 15) is 4.39 Å². The van der Waals surface area contributed by atoms with Crippen LogP contribution in [0.25, 0.3) is 0 Å². The van der Waals surface area contributed by atoms with Crippen molar-refractivity contribution in [2.45, 2.75) is 12.6 Å². The number of hydrogen-bond donors (Lipinski definition) is 1. The fraction of sp³-hybridized carbons (Fsp3) is 0.462. The van der Waals surface area contributed by atoms with Crippen molar-refractivity contribution in [2.24, 2.45) is 5.73 Å². The van der Waals surface area contributed by atoms with Gasteiger partial charge in [0.2, 0.25) is 0 Å². The average molecular weight is 249 g/mol. The van der Waals surface area contributed by atoms with Crippen molar-refractivity contribution in [1.82, 2.24) is 4.90 Å². The van der Waals surface area contributed by atoms with E-state index in [-0.39, 0.29) is 11.7 Å². The van der Waals surface area contributed by atoms with Crippen molar-refractivity contribution < 1.29 is 9.13 Å². The second kappa shape index (κ2) is 5.91. The molecule has 96 valence electrons. The number of hydrogen-bond acceptors (Lipinski definition) is 4. The van der Waals surface area contributed by atoms with E-state index in [0.29, 0.717) is 31.8 Å². The van der Waals surface area contributed by atoms with E-state index in [0.717, 1.165) is 6.54 Å². The Balaban J connectivity index is 2.07. The smallest absolute Gasteiger partial charge is 0.145 e. The van der Waals surface area contributed by atoms with Crippen LogP contribution < -0.4 is 5.73 Å². The van der Waals surface area contributed by atoms with E-state index in [1.807, 2.05) is 6.07 Å². The average Bonchev–Trinajstić information content (AvgIpc) is 2.41. The minimum Gasteiger partial charge on any atom is -0.374 e. The standard InChI is InChI=1S/C13H16FN3O/c14-13-10(6-15)2-1-3-11(13)8-17-4-5-18-12(7-16)9-17/h1-3,12H,4-5,7-9,16H2. The monoisotopic (exact) mass is 249 g/mol. The van der Waals surface area contributed by atoms with Crippen molar-refractivity contribution in [1.29, 1.82) is 5.26 Å². The fourth-order valence-electron chi connectivity index (χ4n) is 2.10. The minimum atomic E-state index is -0.421. The molecule has 1 fully saturated rings. The van der Waals surface area contributed by atoms with Crippen LogP contribution in [0.1, 0.15) is 11.1 Å². The first-order valence-corrected chi connectivity index (χ1v) is 5.96. The lowest BCUT2D eigenvalue weighted by molar-refractivity contribution is -0.0263. The number of ether oxygens (including phenoxy) is 1. The van der Waals surface area contributed by atoms with Crippen LogP contribution >= 0.6 is 0 Å². The summed E-state index contributed by atoms with van der Waals surface area (Å²) in [5.74, 6) is -0.421. The van der Waals surface area contributed by atoms with Gasteiger partial charge in [-0.3, -0.25) is 4.90 Å². The first-order chi connectivity index (χ1) is 8.74. The third-order valence-electron chi connectivity index (χ3n) is 3.08. The summed E-state index contributed by atoms with van der Waals surface area (Å²) < 4.78 is 19.4. The zero-order chi connectivity index (χ0) is 13.0. The molecule has 0 amide bonds. The molecule has 1 aromatic rings. The molecule has 2 rings (SSSR count). The fourth-order valence-corrected chi connectivity index (χ4v) is 2.10. The van der Waals surface area contributed by atoms with Crippen molar-refractivity contribution >= 4 is 0 Å². The van der Waals surface area contributed by atoms with Gasteiger partial charge in [-0.1, -0.05) is 12.1 Å². The number of nitrogens with two attached hydrogens (primary N) is 1. The van der Waals surface area contributed by atoms with Crippen LogP contribution in [0.15, 0.2) is 18.2 Å². The summed E-state index contributed by atoms with van der Waals surface area (Å²) in [6, 6.07) is 6.76. The molecular formula is C13H16FN3O. The summed E-state index contributed by atoms with van der Waals surface area (Å²) in [4.78, 5) is 2.10. The lowest BCUT2D eigenvalue weighted by Crippen LogP contribution is -2.45. The predicted octanol–water partition coefficient (Wildman–Crippen LogP) is 0.857. The molecule has 1 aliphatic heterocycles. The molecule has 2 N–H and O–H groups in total. The highest BCUT2D eigenvalue weighted by Crippen LogP contribution is 2.16. The molecule has 0 saturated carbocycles. The maximum atomic E-state index is 13.9.